The summed E-state index contributed by atoms with van der Waals surface area (Å²) in [5.41, 5.74) is -0.142. The monoisotopic (exact) mass is 360 g/mol. The third kappa shape index (κ3) is 5.90. The van der Waals surface area contributed by atoms with Crippen LogP contribution in [0, 0.1) is 5.92 Å². The zero-order valence-corrected chi connectivity index (χ0v) is 13.8. The van der Waals surface area contributed by atoms with Gasteiger partial charge >= 0.3 is 24.6 Å². The average molecular weight is 360 g/mol. The second kappa shape index (κ2) is 8.81. The third-order valence-corrected chi connectivity index (χ3v) is 3.18. The van der Waals surface area contributed by atoms with E-state index in [1.807, 2.05) is 0 Å². The Kier molecular flexibility index (Phi) is 7.09. The number of carboxylic acids is 1. The lowest BCUT2D eigenvalue weighted by Gasteiger charge is -2.21. The number of halogens is 2. The molecule has 0 aromatic heterocycles. The molecule has 0 spiro atoms. The molecule has 138 valence electrons. The van der Waals surface area contributed by atoms with E-state index in [1.54, 1.807) is 0 Å². The summed E-state index contributed by atoms with van der Waals surface area (Å²) in [4.78, 5) is 35.4. The number of benzene rings is 1. The molecule has 0 saturated heterocycles. The Morgan fingerprint density at radius 1 is 1.32 bits per heavy atom. The Morgan fingerprint density at radius 3 is 2.48 bits per heavy atom. The Labute approximate surface area is 142 Å². The Balaban J connectivity index is 2.97. The number of ether oxygens (including phenoxy) is 2. The highest BCUT2D eigenvalue weighted by Gasteiger charge is 2.20. The Hall–Kier alpha value is -2.91. The molecule has 1 atom stereocenters. The average Bonchev–Trinajstić information content (AvgIpc) is 2.54. The summed E-state index contributed by atoms with van der Waals surface area (Å²) < 4.78 is 33.9. The van der Waals surface area contributed by atoms with Crippen LogP contribution in [-0.4, -0.2) is 55.3 Å². The van der Waals surface area contributed by atoms with Gasteiger partial charge in [-0.3, -0.25) is 4.79 Å². The number of aliphatic carboxylic acids is 1. The van der Waals surface area contributed by atoms with Crippen LogP contribution >= 0.6 is 0 Å². The molecule has 0 saturated carbocycles. The van der Waals surface area contributed by atoms with Crippen molar-refractivity contribution >= 4 is 23.7 Å². The van der Waals surface area contributed by atoms with Crippen molar-refractivity contribution in [2.24, 2.45) is 5.92 Å². The van der Waals surface area contributed by atoms with Crippen molar-refractivity contribution < 1.29 is 37.7 Å². The lowest BCUT2D eigenvalue weighted by Crippen LogP contribution is -2.36. The molecule has 1 aromatic carbocycles. The number of esters is 1. The van der Waals surface area contributed by atoms with Crippen LogP contribution in [0.2, 0.25) is 0 Å². The number of urea groups is 1. The first kappa shape index (κ1) is 20.1. The molecule has 0 radical (unpaired) electrons. The molecule has 0 heterocycles. The zero-order valence-electron chi connectivity index (χ0n) is 13.8. The fraction of sp³-hybridized carbons (Fsp3) is 0.400. The van der Waals surface area contributed by atoms with Crippen LogP contribution in [-0.2, 0) is 9.53 Å². The minimum Gasteiger partial charge on any atom is -0.481 e. The summed E-state index contributed by atoms with van der Waals surface area (Å²) in [6, 6.07) is 2.75. The maximum atomic E-state index is 12.5. The molecule has 2 amide bonds. The molecule has 1 rings (SSSR count). The standard InChI is InChI=1S/C15H18F2N2O6/c1-8(12(20)21)7-19(2)15(23)18-10-5-4-9(13(22)24-3)6-11(10)25-14(16)17/h4-6,8,14H,7H2,1-3H3,(H,18,23)(H,20,21). The minimum atomic E-state index is -3.17. The summed E-state index contributed by atoms with van der Waals surface area (Å²) in [5, 5.41) is 11.2. The van der Waals surface area contributed by atoms with Gasteiger partial charge in [-0.25, -0.2) is 9.59 Å². The third-order valence-electron chi connectivity index (χ3n) is 3.18. The molecule has 0 aliphatic rings. The fourth-order valence-electron chi connectivity index (χ4n) is 1.85. The van der Waals surface area contributed by atoms with Crippen LogP contribution in [0.1, 0.15) is 17.3 Å². The number of nitrogens with zero attached hydrogens (tertiary/aromatic N) is 1. The first-order valence-corrected chi connectivity index (χ1v) is 7.07. The summed E-state index contributed by atoms with van der Waals surface area (Å²) in [7, 11) is 2.48. The molecular weight excluding hydrogens is 342 g/mol. The van der Waals surface area contributed by atoms with Gasteiger partial charge in [-0.15, -0.1) is 0 Å². The van der Waals surface area contributed by atoms with Crippen LogP contribution in [0.5, 0.6) is 5.75 Å². The smallest absolute Gasteiger partial charge is 0.387 e. The summed E-state index contributed by atoms with van der Waals surface area (Å²) in [6.07, 6.45) is 0. The van der Waals surface area contributed by atoms with Gasteiger partial charge in [0.1, 0.15) is 0 Å². The van der Waals surface area contributed by atoms with E-state index in [0.717, 1.165) is 18.1 Å². The van der Waals surface area contributed by atoms with Crippen LogP contribution < -0.4 is 10.1 Å². The van der Waals surface area contributed by atoms with Crippen molar-refractivity contribution in [3.05, 3.63) is 23.8 Å². The first-order valence-electron chi connectivity index (χ1n) is 7.07. The van der Waals surface area contributed by atoms with E-state index in [2.05, 4.69) is 14.8 Å². The zero-order chi connectivity index (χ0) is 19.1. The molecule has 25 heavy (non-hydrogen) atoms. The van der Waals surface area contributed by atoms with E-state index < -0.39 is 36.2 Å². The van der Waals surface area contributed by atoms with Gasteiger partial charge < -0.3 is 24.8 Å². The molecule has 10 heteroatoms. The molecule has 1 unspecified atom stereocenters. The van der Waals surface area contributed by atoms with Crippen molar-refractivity contribution in [2.45, 2.75) is 13.5 Å². The van der Waals surface area contributed by atoms with E-state index in [-0.39, 0.29) is 17.8 Å². The van der Waals surface area contributed by atoms with E-state index in [4.69, 9.17) is 5.11 Å². The minimum absolute atomic E-state index is 0.0380. The molecule has 0 bridgehead atoms. The van der Waals surface area contributed by atoms with Crippen molar-refractivity contribution in [1.29, 1.82) is 0 Å². The van der Waals surface area contributed by atoms with Gasteiger partial charge in [0, 0.05) is 13.6 Å². The van der Waals surface area contributed by atoms with Crippen molar-refractivity contribution in [2.75, 3.05) is 26.0 Å². The molecule has 1 aromatic rings. The highest BCUT2D eigenvalue weighted by atomic mass is 19.3. The summed E-state index contributed by atoms with van der Waals surface area (Å²) in [6.45, 7) is -1.84. The number of hydrogen-bond donors (Lipinski definition) is 2. The summed E-state index contributed by atoms with van der Waals surface area (Å²) >= 11 is 0. The molecule has 0 aliphatic heterocycles. The first-order chi connectivity index (χ1) is 11.6. The molecule has 0 aliphatic carbocycles. The van der Waals surface area contributed by atoms with Crippen LogP contribution in [0.3, 0.4) is 0 Å². The Morgan fingerprint density at radius 2 is 1.96 bits per heavy atom. The lowest BCUT2D eigenvalue weighted by molar-refractivity contribution is -0.141. The topological polar surface area (TPSA) is 105 Å². The number of carbonyl (C=O) groups excluding carboxylic acids is 2. The van der Waals surface area contributed by atoms with Crippen molar-refractivity contribution in [1.82, 2.24) is 4.90 Å². The summed E-state index contributed by atoms with van der Waals surface area (Å²) in [5.74, 6) is -3.08. The number of carbonyl (C=O) groups is 3. The highest BCUT2D eigenvalue weighted by molar-refractivity contribution is 5.94. The number of carboxylic acid groups (broad SMARTS) is 1. The predicted octanol–water partition coefficient (Wildman–Crippen LogP) is 2.26. The molecule has 8 nitrogen and oxygen atoms in total. The number of amides is 2. The van der Waals surface area contributed by atoms with Crippen molar-refractivity contribution in [3.63, 3.8) is 0 Å². The van der Waals surface area contributed by atoms with Gasteiger partial charge in [0.15, 0.2) is 5.75 Å². The van der Waals surface area contributed by atoms with Gasteiger partial charge in [0.05, 0.1) is 24.3 Å². The maximum Gasteiger partial charge on any atom is 0.387 e. The molecule has 0 fully saturated rings. The number of methoxy groups -OCH3 is 1. The molecular formula is C15H18F2N2O6. The fourth-order valence-corrected chi connectivity index (χ4v) is 1.85. The quantitative estimate of drug-likeness (QED) is 0.723. The number of rotatable bonds is 7. The maximum absolute atomic E-state index is 12.5. The van der Waals surface area contributed by atoms with Gasteiger partial charge in [-0.05, 0) is 18.2 Å². The predicted molar refractivity (Wildman–Crippen MR) is 82.9 cm³/mol. The van der Waals surface area contributed by atoms with Gasteiger partial charge in [0.2, 0.25) is 0 Å². The van der Waals surface area contributed by atoms with E-state index >= 15 is 0 Å². The van der Waals surface area contributed by atoms with Gasteiger partial charge in [0.25, 0.3) is 0 Å². The van der Waals surface area contributed by atoms with Crippen molar-refractivity contribution in [3.8, 4) is 5.75 Å². The number of hydrogen-bond acceptors (Lipinski definition) is 5. The normalized spacial score (nSPS) is 11.6. The van der Waals surface area contributed by atoms with E-state index in [1.165, 1.54) is 26.1 Å². The lowest BCUT2D eigenvalue weighted by atomic mass is 10.2. The van der Waals surface area contributed by atoms with E-state index in [9.17, 15) is 23.2 Å². The van der Waals surface area contributed by atoms with Crippen LogP contribution in [0.25, 0.3) is 0 Å². The second-order valence-electron chi connectivity index (χ2n) is 5.13. The number of alkyl halides is 2. The van der Waals surface area contributed by atoms with E-state index in [0.29, 0.717) is 0 Å². The highest BCUT2D eigenvalue weighted by Crippen LogP contribution is 2.28. The number of nitrogens with one attached hydrogen (secondary N) is 1. The SMILES string of the molecule is COC(=O)c1ccc(NC(=O)N(C)CC(C)C(=O)O)c(OC(F)F)c1. The van der Waals surface area contributed by atoms with Gasteiger partial charge in [-0.1, -0.05) is 6.92 Å². The van der Waals surface area contributed by atoms with Crippen LogP contribution in [0.15, 0.2) is 18.2 Å². The second-order valence-corrected chi connectivity index (χ2v) is 5.13. The number of anilines is 1. The Bertz CT molecular complexity index is 653. The van der Waals surface area contributed by atoms with Gasteiger partial charge in [-0.2, -0.15) is 8.78 Å². The molecule has 2 N–H and O–H groups in total. The van der Waals surface area contributed by atoms with Crippen LogP contribution in [0.4, 0.5) is 19.3 Å². The largest absolute Gasteiger partial charge is 0.481 e.